The summed E-state index contributed by atoms with van der Waals surface area (Å²) in [6, 6.07) is 0. The van der Waals surface area contributed by atoms with E-state index in [1.54, 1.807) is 0 Å². The van der Waals surface area contributed by atoms with Crippen LogP contribution in [0, 0.1) is 0 Å². The van der Waals surface area contributed by atoms with Crippen molar-refractivity contribution in [3.63, 3.8) is 0 Å². The summed E-state index contributed by atoms with van der Waals surface area (Å²) in [5.41, 5.74) is 0. The van der Waals surface area contributed by atoms with Gasteiger partial charge in [0.1, 0.15) is 0 Å². The fraction of sp³-hybridized carbons (Fsp3) is 0. The van der Waals surface area contributed by atoms with E-state index in [1.165, 1.54) is 0 Å². The molecule has 0 unspecified atom stereocenters. The average molecular weight is 460 g/mol. The maximum Gasteiger partial charge on any atom is 0 e. The average Bonchev–Trinajstić information content (AvgIpc) is 0. The van der Waals surface area contributed by atoms with Gasteiger partial charge in [-0.3, -0.25) is 0 Å². The molecule has 5 heteroatoms. The molecule has 0 aromatic heterocycles. The molecule has 0 aliphatic rings. The second-order valence-corrected chi connectivity index (χ2v) is 0. The maximum absolute atomic E-state index is 0. The first-order valence-corrected chi connectivity index (χ1v) is 0. The van der Waals surface area contributed by atoms with Crippen LogP contribution in [0.25, 0.3) is 0 Å². The molecule has 0 N–H and O–H groups in total. The quantitative estimate of drug-likeness (QED) is 0.451. The molecule has 0 atom stereocenters. The van der Waals surface area contributed by atoms with Crippen molar-refractivity contribution in [1.29, 1.82) is 0 Å². The van der Waals surface area contributed by atoms with Crippen molar-refractivity contribution >= 4 is 13.5 Å². The molecule has 0 saturated heterocycles. The van der Waals surface area contributed by atoms with Crippen LogP contribution in [-0.4, -0.2) is 0 Å². The zero-order valence-electron chi connectivity index (χ0n) is 1.76. The second kappa shape index (κ2) is 28.0. The van der Waals surface area contributed by atoms with E-state index in [-0.39, 0.29) is 95.2 Å². The van der Waals surface area contributed by atoms with Crippen molar-refractivity contribution in [3.8, 4) is 0 Å². The first-order valence-electron chi connectivity index (χ1n) is 0. The monoisotopic (exact) mass is 458 g/mol. The summed E-state index contributed by atoms with van der Waals surface area (Å²) in [5, 5.41) is 0. The number of hydrogen-bond acceptors (Lipinski definition) is 0. The molecule has 0 bridgehead atoms. The van der Waals surface area contributed by atoms with Crippen molar-refractivity contribution in [3.05, 3.63) is 0 Å². The zero-order chi connectivity index (χ0) is 0. The van der Waals surface area contributed by atoms with Crippen LogP contribution in [0.5, 0.6) is 0 Å². The topological polar surface area (TPSA) is 0 Å². The van der Waals surface area contributed by atoms with Crippen LogP contribution in [0.1, 0.15) is 0 Å². The standard InChI is InChI=1S/4Pd.H2S/h;;;;1H2. The largest absolute Gasteiger partial charge is 0.197 e. The molecular weight excluding hydrogens is 458 g/mol. The van der Waals surface area contributed by atoms with Crippen LogP contribution >= 0.6 is 13.5 Å². The fourth-order valence-electron chi connectivity index (χ4n) is 0. The van der Waals surface area contributed by atoms with Gasteiger partial charge in [0, 0.05) is 81.7 Å². The van der Waals surface area contributed by atoms with Gasteiger partial charge in [-0.15, -0.1) is 0 Å². The third kappa shape index (κ3) is 19.4. The minimum absolute atomic E-state index is 0. The SMILES string of the molecule is S.[Pd].[Pd].[Pd].[Pd]. The van der Waals surface area contributed by atoms with Gasteiger partial charge in [0.2, 0.25) is 0 Å². The summed E-state index contributed by atoms with van der Waals surface area (Å²) < 4.78 is 0. The molecule has 0 aliphatic heterocycles. The Morgan fingerprint density at radius 2 is 0.400 bits per heavy atom. The van der Waals surface area contributed by atoms with Crippen molar-refractivity contribution in [2.45, 2.75) is 0 Å². The molecule has 0 aliphatic carbocycles. The summed E-state index contributed by atoms with van der Waals surface area (Å²) in [7, 11) is 0. The Kier molecular flexibility index (Phi) is 244. The number of rotatable bonds is 0. The second-order valence-electron chi connectivity index (χ2n) is 0. The van der Waals surface area contributed by atoms with E-state index in [2.05, 4.69) is 0 Å². The molecule has 48 valence electrons. The smallest absolute Gasteiger partial charge is 0 e. The van der Waals surface area contributed by atoms with Crippen molar-refractivity contribution in [1.82, 2.24) is 0 Å². The van der Waals surface area contributed by atoms with Crippen molar-refractivity contribution in [2.24, 2.45) is 0 Å². The van der Waals surface area contributed by atoms with Gasteiger partial charge in [-0.25, -0.2) is 0 Å². The van der Waals surface area contributed by atoms with Crippen LogP contribution < -0.4 is 0 Å². The van der Waals surface area contributed by atoms with Gasteiger partial charge < -0.3 is 0 Å². The molecule has 0 aromatic carbocycles. The van der Waals surface area contributed by atoms with Crippen molar-refractivity contribution in [2.75, 3.05) is 0 Å². The van der Waals surface area contributed by atoms with Gasteiger partial charge in [-0.1, -0.05) is 0 Å². The van der Waals surface area contributed by atoms with E-state index >= 15 is 0 Å². The van der Waals surface area contributed by atoms with E-state index in [0.29, 0.717) is 0 Å². The number of hydrogen-bond donors (Lipinski definition) is 0. The minimum atomic E-state index is 0. The molecule has 0 rings (SSSR count). The molecule has 0 spiro atoms. The predicted octanol–water partition coefficient (Wildman–Crippen LogP) is 0.103. The minimum Gasteiger partial charge on any atom is -0.197 e. The molecule has 0 amide bonds. The van der Waals surface area contributed by atoms with Crippen LogP contribution in [0.3, 0.4) is 0 Å². The molecule has 0 nitrogen and oxygen atoms in total. The Labute approximate surface area is 93.7 Å². The van der Waals surface area contributed by atoms with Crippen LogP contribution in [0.2, 0.25) is 0 Å². The summed E-state index contributed by atoms with van der Waals surface area (Å²) in [4.78, 5) is 0. The van der Waals surface area contributed by atoms with Crippen LogP contribution in [-0.2, 0) is 81.7 Å². The fourth-order valence-corrected chi connectivity index (χ4v) is 0. The molecule has 0 saturated carbocycles. The normalized spacial score (nSPS) is 0. The first-order chi connectivity index (χ1) is 0. The van der Waals surface area contributed by atoms with E-state index in [0.717, 1.165) is 0 Å². The summed E-state index contributed by atoms with van der Waals surface area (Å²) in [6.45, 7) is 0. The summed E-state index contributed by atoms with van der Waals surface area (Å²) in [6.07, 6.45) is 0. The summed E-state index contributed by atoms with van der Waals surface area (Å²) in [5.74, 6) is 0. The molecule has 0 heterocycles. The van der Waals surface area contributed by atoms with E-state index < -0.39 is 0 Å². The van der Waals surface area contributed by atoms with Crippen LogP contribution in [0.15, 0.2) is 0 Å². The molecule has 0 fully saturated rings. The van der Waals surface area contributed by atoms with E-state index in [9.17, 15) is 0 Å². The van der Waals surface area contributed by atoms with E-state index in [1.807, 2.05) is 0 Å². The molecule has 5 heavy (non-hydrogen) atoms. The summed E-state index contributed by atoms with van der Waals surface area (Å²) >= 11 is 0. The predicted molar refractivity (Wildman–Crippen MR) is 10.4 cm³/mol. The van der Waals surface area contributed by atoms with E-state index in [4.69, 9.17) is 0 Å². The van der Waals surface area contributed by atoms with Gasteiger partial charge >= 0.3 is 0 Å². The molecular formula is H2Pd4S. The van der Waals surface area contributed by atoms with Gasteiger partial charge in [0.25, 0.3) is 0 Å². The zero-order valence-corrected chi connectivity index (χ0v) is 8.98. The Morgan fingerprint density at radius 1 is 0.400 bits per heavy atom. The maximum atomic E-state index is 0. The Balaban J connectivity index is 0. The van der Waals surface area contributed by atoms with Gasteiger partial charge in [-0.05, 0) is 0 Å². The van der Waals surface area contributed by atoms with Crippen LogP contribution in [0.4, 0.5) is 0 Å². The van der Waals surface area contributed by atoms with Crippen molar-refractivity contribution < 1.29 is 81.7 Å². The first kappa shape index (κ1) is 43.6. The molecule has 0 radical (unpaired) electrons. The van der Waals surface area contributed by atoms with Gasteiger partial charge in [0.15, 0.2) is 0 Å². The Morgan fingerprint density at radius 3 is 0.400 bits per heavy atom. The Hall–Kier alpha value is 3.00. The third-order valence-corrected chi connectivity index (χ3v) is 0. The molecule has 0 aromatic rings. The third-order valence-electron chi connectivity index (χ3n) is 0. The Bertz CT molecular complexity index is 3.61. The van der Waals surface area contributed by atoms with Gasteiger partial charge in [-0.2, -0.15) is 13.5 Å². The van der Waals surface area contributed by atoms with Gasteiger partial charge in [0.05, 0.1) is 0 Å².